The molecule has 0 aliphatic rings. The summed E-state index contributed by atoms with van der Waals surface area (Å²) in [6, 6.07) is 0. The molecule has 104 valence electrons. The zero-order chi connectivity index (χ0) is 12.9. The highest BCUT2D eigenvalue weighted by molar-refractivity contribution is 4.65. The third-order valence-electron chi connectivity index (χ3n) is 3.84. The predicted octanol–water partition coefficient (Wildman–Crippen LogP) is 5.01. The molecule has 0 amide bonds. The minimum atomic E-state index is 0.826. The summed E-state index contributed by atoms with van der Waals surface area (Å²) < 4.78 is 0. The van der Waals surface area contributed by atoms with Crippen LogP contribution >= 0.6 is 0 Å². The van der Waals surface area contributed by atoms with Crippen LogP contribution in [0.5, 0.6) is 0 Å². The molecule has 0 fully saturated rings. The van der Waals surface area contributed by atoms with Crippen LogP contribution in [0.2, 0.25) is 0 Å². The SMILES string of the molecule is CCCCCCCCCCC(CNC)C(C)C. The van der Waals surface area contributed by atoms with Crippen LogP contribution in [0.1, 0.15) is 78.6 Å². The molecule has 0 bridgehead atoms. The van der Waals surface area contributed by atoms with Crippen molar-refractivity contribution in [1.82, 2.24) is 5.32 Å². The lowest BCUT2D eigenvalue weighted by molar-refractivity contribution is 0.336. The molecule has 0 radical (unpaired) electrons. The summed E-state index contributed by atoms with van der Waals surface area (Å²) in [4.78, 5) is 0. The Balaban J connectivity index is 3.30. The predicted molar refractivity (Wildman–Crippen MR) is 79.5 cm³/mol. The third kappa shape index (κ3) is 10.8. The molecule has 1 heteroatoms. The maximum atomic E-state index is 3.32. The molecule has 0 heterocycles. The molecule has 0 aromatic rings. The molecule has 1 nitrogen and oxygen atoms in total. The summed E-state index contributed by atoms with van der Waals surface area (Å²) in [5, 5.41) is 3.32. The van der Waals surface area contributed by atoms with Gasteiger partial charge in [-0.3, -0.25) is 0 Å². The van der Waals surface area contributed by atoms with Gasteiger partial charge in [0.15, 0.2) is 0 Å². The van der Waals surface area contributed by atoms with Gasteiger partial charge in [0.1, 0.15) is 0 Å². The number of unbranched alkanes of at least 4 members (excludes halogenated alkanes) is 7. The molecular formula is C16H35N. The van der Waals surface area contributed by atoms with E-state index < -0.39 is 0 Å². The quantitative estimate of drug-likeness (QED) is 0.474. The molecule has 1 unspecified atom stereocenters. The molecule has 0 spiro atoms. The van der Waals surface area contributed by atoms with E-state index in [2.05, 4.69) is 33.1 Å². The third-order valence-corrected chi connectivity index (χ3v) is 3.84. The lowest BCUT2D eigenvalue weighted by Gasteiger charge is -2.20. The van der Waals surface area contributed by atoms with Crippen LogP contribution in [0.15, 0.2) is 0 Å². The Bertz CT molecular complexity index is 142. The molecule has 0 aromatic carbocycles. The molecule has 0 saturated carbocycles. The summed E-state index contributed by atoms with van der Waals surface area (Å²) in [6.07, 6.45) is 12.9. The van der Waals surface area contributed by atoms with Crippen LogP contribution in [0.4, 0.5) is 0 Å². The Morgan fingerprint density at radius 3 is 1.82 bits per heavy atom. The Morgan fingerprint density at radius 1 is 0.824 bits per heavy atom. The molecule has 1 N–H and O–H groups in total. The van der Waals surface area contributed by atoms with E-state index in [4.69, 9.17) is 0 Å². The highest BCUT2D eigenvalue weighted by Crippen LogP contribution is 2.18. The van der Waals surface area contributed by atoms with Crippen LogP contribution in [0.3, 0.4) is 0 Å². The Morgan fingerprint density at radius 2 is 1.35 bits per heavy atom. The van der Waals surface area contributed by atoms with E-state index in [1.807, 2.05) is 0 Å². The fourth-order valence-corrected chi connectivity index (χ4v) is 2.47. The largest absolute Gasteiger partial charge is 0.319 e. The maximum Gasteiger partial charge on any atom is -0.00211 e. The van der Waals surface area contributed by atoms with Crippen LogP contribution in [0.25, 0.3) is 0 Å². The van der Waals surface area contributed by atoms with Gasteiger partial charge in [0.2, 0.25) is 0 Å². The average Bonchev–Trinajstić information content (AvgIpc) is 2.31. The zero-order valence-electron chi connectivity index (χ0n) is 12.7. The zero-order valence-corrected chi connectivity index (χ0v) is 12.7. The monoisotopic (exact) mass is 241 g/mol. The van der Waals surface area contributed by atoms with E-state index in [0.29, 0.717) is 0 Å². The Labute approximate surface area is 110 Å². The second-order valence-electron chi connectivity index (χ2n) is 5.83. The van der Waals surface area contributed by atoms with Crippen molar-refractivity contribution in [2.75, 3.05) is 13.6 Å². The first-order valence-corrected chi connectivity index (χ1v) is 7.87. The van der Waals surface area contributed by atoms with E-state index in [-0.39, 0.29) is 0 Å². The van der Waals surface area contributed by atoms with Crippen LogP contribution in [-0.4, -0.2) is 13.6 Å². The molecule has 17 heavy (non-hydrogen) atoms. The highest BCUT2D eigenvalue weighted by atomic mass is 14.8. The molecule has 0 aliphatic heterocycles. The maximum absolute atomic E-state index is 3.32. The summed E-state index contributed by atoms with van der Waals surface area (Å²) in [5.74, 6) is 1.70. The van der Waals surface area contributed by atoms with Crippen LogP contribution in [0, 0.1) is 11.8 Å². The van der Waals surface area contributed by atoms with E-state index in [9.17, 15) is 0 Å². The standard InChI is InChI=1S/C16H35N/c1-5-6-7-8-9-10-11-12-13-16(14-17-4)15(2)3/h15-17H,5-14H2,1-4H3. The van der Waals surface area contributed by atoms with E-state index in [1.165, 1.54) is 64.3 Å². The van der Waals surface area contributed by atoms with Crippen molar-refractivity contribution in [3.63, 3.8) is 0 Å². The Hall–Kier alpha value is -0.0400. The van der Waals surface area contributed by atoms with Gasteiger partial charge in [-0.05, 0) is 31.8 Å². The fourth-order valence-electron chi connectivity index (χ4n) is 2.47. The molecule has 1 atom stereocenters. The van der Waals surface area contributed by atoms with Crippen molar-refractivity contribution in [3.05, 3.63) is 0 Å². The van der Waals surface area contributed by atoms with Gasteiger partial charge < -0.3 is 5.32 Å². The first-order valence-electron chi connectivity index (χ1n) is 7.87. The van der Waals surface area contributed by atoms with Crippen LogP contribution < -0.4 is 5.32 Å². The van der Waals surface area contributed by atoms with Crippen LogP contribution in [-0.2, 0) is 0 Å². The van der Waals surface area contributed by atoms with E-state index >= 15 is 0 Å². The molecule has 0 aliphatic carbocycles. The fraction of sp³-hybridized carbons (Fsp3) is 1.00. The summed E-state index contributed by atoms with van der Waals surface area (Å²) in [5.41, 5.74) is 0. The van der Waals surface area contributed by atoms with Gasteiger partial charge in [-0.2, -0.15) is 0 Å². The Kier molecular flexibility index (Phi) is 12.4. The minimum Gasteiger partial charge on any atom is -0.319 e. The van der Waals surface area contributed by atoms with E-state index in [0.717, 1.165) is 11.8 Å². The topological polar surface area (TPSA) is 12.0 Å². The van der Waals surface area contributed by atoms with Gasteiger partial charge in [0.25, 0.3) is 0 Å². The van der Waals surface area contributed by atoms with Crippen molar-refractivity contribution in [1.29, 1.82) is 0 Å². The summed E-state index contributed by atoms with van der Waals surface area (Å²) in [7, 11) is 2.07. The number of nitrogens with one attached hydrogen (secondary N) is 1. The van der Waals surface area contributed by atoms with Gasteiger partial charge in [0, 0.05) is 0 Å². The van der Waals surface area contributed by atoms with Crippen molar-refractivity contribution in [3.8, 4) is 0 Å². The molecular weight excluding hydrogens is 206 g/mol. The average molecular weight is 241 g/mol. The normalized spacial score (nSPS) is 13.2. The first-order chi connectivity index (χ1) is 8.22. The lowest BCUT2D eigenvalue weighted by Crippen LogP contribution is -2.23. The highest BCUT2D eigenvalue weighted by Gasteiger charge is 2.11. The van der Waals surface area contributed by atoms with Crippen molar-refractivity contribution in [2.24, 2.45) is 11.8 Å². The second kappa shape index (κ2) is 12.4. The minimum absolute atomic E-state index is 0.826. The summed E-state index contributed by atoms with van der Waals surface area (Å²) >= 11 is 0. The number of hydrogen-bond donors (Lipinski definition) is 1. The van der Waals surface area contributed by atoms with Gasteiger partial charge in [-0.15, -0.1) is 0 Å². The lowest BCUT2D eigenvalue weighted by atomic mass is 9.90. The van der Waals surface area contributed by atoms with Gasteiger partial charge >= 0.3 is 0 Å². The van der Waals surface area contributed by atoms with Crippen molar-refractivity contribution >= 4 is 0 Å². The smallest absolute Gasteiger partial charge is 0.00211 e. The molecule has 0 saturated heterocycles. The second-order valence-corrected chi connectivity index (χ2v) is 5.83. The summed E-state index contributed by atoms with van der Waals surface area (Å²) in [6.45, 7) is 8.18. The van der Waals surface area contributed by atoms with E-state index in [1.54, 1.807) is 0 Å². The molecule has 0 aromatic heterocycles. The molecule has 0 rings (SSSR count). The van der Waals surface area contributed by atoms with Gasteiger partial charge in [-0.1, -0.05) is 72.1 Å². The number of rotatable bonds is 12. The number of hydrogen-bond acceptors (Lipinski definition) is 1. The van der Waals surface area contributed by atoms with Crippen molar-refractivity contribution < 1.29 is 0 Å². The first kappa shape index (κ1) is 17.0. The van der Waals surface area contributed by atoms with Gasteiger partial charge in [-0.25, -0.2) is 0 Å². The van der Waals surface area contributed by atoms with Gasteiger partial charge in [0.05, 0.1) is 0 Å². The van der Waals surface area contributed by atoms with Crippen molar-refractivity contribution in [2.45, 2.75) is 78.6 Å².